The van der Waals surface area contributed by atoms with Crippen LogP contribution in [0.2, 0.25) is 0 Å². The lowest BCUT2D eigenvalue weighted by Gasteiger charge is -2.27. The summed E-state index contributed by atoms with van der Waals surface area (Å²) in [6.45, 7) is 4.82. The molecule has 0 bridgehead atoms. The number of rotatable bonds is 7. The third-order valence-electron chi connectivity index (χ3n) is 4.59. The summed E-state index contributed by atoms with van der Waals surface area (Å²) in [5.41, 5.74) is 0.688. The molecule has 0 spiro atoms. The van der Waals surface area contributed by atoms with E-state index in [4.69, 9.17) is 4.74 Å². The Morgan fingerprint density at radius 1 is 1.31 bits per heavy atom. The van der Waals surface area contributed by atoms with Crippen molar-refractivity contribution in [2.45, 2.75) is 13.0 Å². The number of anilines is 1. The fourth-order valence-corrected chi connectivity index (χ4v) is 4.18. The minimum atomic E-state index is -0.310. The maximum absolute atomic E-state index is 13.5. The Balaban J connectivity index is 0.00000240. The molecule has 0 unspecified atom stereocenters. The van der Waals surface area contributed by atoms with Crippen molar-refractivity contribution in [1.29, 1.82) is 0 Å². The van der Waals surface area contributed by atoms with Crippen LogP contribution in [0.3, 0.4) is 0 Å². The van der Waals surface area contributed by atoms with Crippen molar-refractivity contribution in [3.05, 3.63) is 36.7 Å². The number of ether oxygens (including phenoxy) is 1. The first kappa shape index (κ1) is 21.6. The minimum absolute atomic E-state index is 0. The van der Waals surface area contributed by atoms with Crippen molar-refractivity contribution < 1.29 is 13.9 Å². The van der Waals surface area contributed by atoms with Crippen LogP contribution in [0.4, 0.5) is 9.52 Å². The van der Waals surface area contributed by atoms with Gasteiger partial charge < -0.3 is 4.74 Å². The number of morpholine rings is 1. The Labute approximate surface area is 177 Å². The van der Waals surface area contributed by atoms with Gasteiger partial charge in [0, 0.05) is 26.2 Å². The van der Waals surface area contributed by atoms with Gasteiger partial charge in [-0.25, -0.2) is 19.0 Å². The molecular weight excluding hydrogens is 419 g/mol. The minimum Gasteiger partial charge on any atom is -0.379 e. The summed E-state index contributed by atoms with van der Waals surface area (Å²) in [6.07, 6.45) is 3.72. The highest BCUT2D eigenvalue weighted by molar-refractivity contribution is 7.22. The Bertz CT molecular complexity index is 932. The summed E-state index contributed by atoms with van der Waals surface area (Å²) < 4.78 is 21.1. The normalized spacial score (nSPS) is 14.7. The number of fused-ring (bicyclic) bond motifs is 1. The average molecular weight is 441 g/mol. The van der Waals surface area contributed by atoms with E-state index in [1.165, 1.54) is 40.8 Å². The number of carbonyl (C=O) groups is 1. The molecule has 0 N–H and O–H groups in total. The Morgan fingerprint density at radius 3 is 2.90 bits per heavy atom. The number of benzene rings is 1. The van der Waals surface area contributed by atoms with E-state index in [0.29, 0.717) is 17.2 Å². The average Bonchev–Trinajstić information content (AvgIpc) is 3.35. The molecule has 0 atom stereocenters. The van der Waals surface area contributed by atoms with E-state index in [-0.39, 0.29) is 30.7 Å². The van der Waals surface area contributed by atoms with Crippen LogP contribution in [0, 0.1) is 5.82 Å². The first-order valence-electron chi connectivity index (χ1n) is 9.18. The molecule has 156 valence electrons. The number of nitrogens with zero attached hydrogens (tertiary/aromatic N) is 6. The van der Waals surface area contributed by atoms with Crippen LogP contribution in [0.25, 0.3) is 10.2 Å². The molecule has 0 radical (unpaired) electrons. The van der Waals surface area contributed by atoms with Gasteiger partial charge in [0.15, 0.2) is 5.13 Å². The van der Waals surface area contributed by atoms with Crippen LogP contribution in [-0.2, 0) is 16.1 Å². The molecule has 1 aliphatic heterocycles. The lowest BCUT2D eigenvalue weighted by molar-refractivity contribution is -0.119. The SMILES string of the molecule is Cl.O=C(Cn1cncn1)N(CCCN1CCOCC1)c1nc2ccc(F)cc2s1. The predicted molar refractivity (Wildman–Crippen MR) is 111 cm³/mol. The summed E-state index contributed by atoms with van der Waals surface area (Å²) in [7, 11) is 0. The van der Waals surface area contributed by atoms with Crippen LogP contribution < -0.4 is 4.90 Å². The molecule has 0 saturated carbocycles. The molecule has 8 nitrogen and oxygen atoms in total. The van der Waals surface area contributed by atoms with Gasteiger partial charge in [0.05, 0.1) is 23.4 Å². The number of hydrogen-bond donors (Lipinski definition) is 0. The van der Waals surface area contributed by atoms with Crippen molar-refractivity contribution in [1.82, 2.24) is 24.6 Å². The molecule has 1 saturated heterocycles. The zero-order chi connectivity index (χ0) is 19.3. The zero-order valence-corrected chi connectivity index (χ0v) is 17.4. The predicted octanol–water partition coefficient (Wildman–Crippen LogP) is 2.20. The van der Waals surface area contributed by atoms with Gasteiger partial charge in [-0.15, -0.1) is 12.4 Å². The Kier molecular flexibility index (Phi) is 7.48. The van der Waals surface area contributed by atoms with Crippen LogP contribution in [0.1, 0.15) is 6.42 Å². The third-order valence-corrected chi connectivity index (χ3v) is 5.64. The van der Waals surface area contributed by atoms with Gasteiger partial charge in [0.2, 0.25) is 0 Å². The van der Waals surface area contributed by atoms with E-state index in [1.807, 2.05) is 0 Å². The molecule has 4 rings (SSSR count). The molecule has 1 amide bonds. The second-order valence-corrected chi connectivity index (χ2v) is 7.56. The van der Waals surface area contributed by atoms with E-state index in [2.05, 4.69) is 20.0 Å². The van der Waals surface area contributed by atoms with Gasteiger partial charge in [-0.2, -0.15) is 5.10 Å². The summed E-state index contributed by atoms with van der Waals surface area (Å²) in [5.74, 6) is -0.428. The van der Waals surface area contributed by atoms with Gasteiger partial charge in [-0.3, -0.25) is 14.6 Å². The highest BCUT2D eigenvalue weighted by Crippen LogP contribution is 2.29. The second-order valence-electron chi connectivity index (χ2n) is 6.55. The maximum Gasteiger partial charge on any atom is 0.250 e. The fourth-order valence-electron chi connectivity index (χ4n) is 3.14. The van der Waals surface area contributed by atoms with Crippen molar-refractivity contribution in [2.75, 3.05) is 44.3 Å². The Hall–Kier alpha value is -2.14. The first-order valence-corrected chi connectivity index (χ1v) is 10.00. The lowest BCUT2D eigenvalue weighted by Crippen LogP contribution is -2.40. The van der Waals surface area contributed by atoms with Crippen molar-refractivity contribution in [3.63, 3.8) is 0 Å². The molecule has 11 heteroatoms. The van der Waals surface area contributed by atoms with E-state index < -0.39 is 0 Å². The topological polar surface area (TPSA) is 76.4 Å². The summed E-state index contributed by atoms with van der Waals surface area (Å²) in [4.78, 5) is 25.4. The highest BCUT2D eigenvalue weighted by Gasteiger charge is 2.21. The van der Waals surface area contributed by atoms with Crippen molar-refractivity contribution >= 4 is 45.0 Å². The maximum atomic E-state index is 13.5. The number of halogens is 2. The quantitative estimate of drug-likeness (QED) is 0.560. The third kappa shape index (κ3) is 5.47. The second kappa shape index (κ2) is 10.1. The van der Waals surface area contributed by atoms with Gasteiger partial charge in [-0.05, 0) is 24.6 Å². The number of amides is 1. The number of hydrogen-bond acceptors (Lipinski definition) is 7. The zero-order valence-electron chi connectivity index (χ0n) is 15.7. The number of thiazole rings is 1. The van der Waals surface area contributed by atoms with E-state index >= 15 is 0 Å². The fraction of sp³-hybridized carbons (Fsp3) is 0.444. The van der Waals surface area contributed by atoms with E-state index in [0.717, 1.165) is 44.0 Å². The van der Waals surface area contributed by atoms with Crippen LogP contribution >= 0.6 is 23.7 Å². The van der Waals surface area contributed by atoms with Crippen LogP contribution in [-0.4, -0.2) is 69.9 Å². The summed E-state index contributed by atoms with van der Waals surface area (Å²) in [6, 6.07) is 4.47. The lowest BCUT2D eigenvalue weighted by atomic mass is 10.3. The highest BCUT2D eigenvalue weighted by atomic mass is 35.5. The monoisotopic (exact) mass is 440 g/mol. The molecular formula is C18H22ClFN6O2S. The molecule has 1 aromatic carbocycles. The molecule has 3 heterocycles. The summed E-state index contributed by atoms with van der Waals surface area (Å²) >= 11 is 1.32. The number of carbonyl (C=O) groups excluding carboxylic acids is 1. The van der Waals surface area contributed by atoms with Gasteiger partial charge >= 0.3 is 0 Å². The molecule has 2 aromatic heterocycles. The summed E-state index contributed by atoms with van der Waals surface area (Å²) in [5, 5.41) is 4.59. The van der Waals surface area contributed by atoms with Gasteiger partial charge in [-0.1, -0.05) is 11.3 Å². The molecule has 1 fully saturated rings. The molecule has 29 heavy (non-hydrogen) atoms. The van der Waals surface area contributed by atoms with Gasteiger partial charge in [0.25, 0.3) is 5.91 Å². The van der Waals surface area contributed by atoms with Crippen molar-refractivity contribution in [3.8, 4) is 0 Å². The van der Waals surface area contributed by atoms with E-state index in [9.17, 15) is 9.18 Å². The molecule has 0 aliphatic carbocycles. The van der Waals surface area contributed by atoms with Crippen LogP contribution in [0.15, 0.2) is 30.9 Å². The van der Waals surface area contributed by atoms with Gasteiger partial charge in [0.1, 0.15) is 25.0 Å². The first-order chi connectivity index (χ1) is 13.7. The number of aromatic nitrogens is 4. The smallest absolute Gasteiger partial charge is 0.250 e. The standard InChI is InChI=1S/C18H21FN6O2S.ClH/c19-14-2-3-15-16(10-14)28-18(22-15)25(17(26)11-24-13-20-12-21-24)5-1-4-23-6-8-27-9-7-23;/h2-3,10,12-13H,1,4-9,11H2;1H. The molecule has 3 aromatic rings. The van der Waals surface area contributed by atoms with Crippen molar-refractivity contribution in [2.24, 2.45) is 0 Å². The van der Waals surface area contributed by atoms with E-state index in [1.54, 1.807) is 11.0 Å². The largest absolute Gasteiger partial charge is 0.379 e. The molecule has 1 aliphatic rings. The Morgan fingerprint density at radius 2 is 2.14 bits per heavy atom. The van der Waals surface area contributed by atoms with Crippen LogP contribution in [0.5, 0.6) is 0 Å².